The van der Waals surface area contributed by atoms with Crippen molar-refractivity contribution in [2.75, 3.05) is 6.61 Å². The van der Waals surface area contributed by atoms with Crippen LogP contribution in [0.2, 0.25) is 0 Å². The molecule has 1 rings (SSSR count). The van der Waals surface area contributed by atoms with Gasteiger partial charge in [0.15, 0.2) is 0 Å². The first-order valence-electron chi connectivity index (χ1n) is 18.3. The maximum absolute atomic E-state index is 12.9. The average molecular weight is 649 g/mol. The summed E-state index contributed by atoms with van der Waals surface area (Å²) in [6.45, 7) is 10.6. The Hall–Kier alpha value is -3.05. The summed E-state index contributed by atoms with van der Waals surface area (Å²) in [5, 5.41) is 0. The number of ketones is 2. The van der Waals surface area contributed by atoms with Crippen LogP contribution >= 0.6 is 0 Å². The van der Waals surface area contributed by atoms with Crippen molar-refractivity contribution >= 4 is 17.5 Å². The Morgan fingerprint density at radius 1 is 0.723 bits per heavy atom. The fourth-order valence-electron chi connectivity index (χ4n) is 5.54. The van der Waals surface area contributed by atoms with Gasteiger partial charge in [-0.1, -0.05) is 101 Å². The summed E-state index contributed by atoms with van der Waals surface area (Å²) in [5.41, 5.74) is 0.614. The van der Waals surface area contributed by atoms with Crippen LogP contribution in [0, 0.1) is 11.8 Å². The van der Waals surface area contributed by atoms with Crippen molar-refractivity contribution in [3.63, 3.8) is 0 Å². The fourth-order valence-corrected chi connectivity index (χ4v) is 5.54. The van der Waals surface area contributed by atoms with Crippen molar-refractivity contribution in [1.82, 2.24) is 0 Å². The van der Waals surface area contributed by atoms with E-state index in [0.717, 1.165) is 57.8 Å². The van der Waals surface area contributed by atoms with Gasteiger partial charge in [0, 0.05) is 31.3 Å². The van der Waals surface area contributed by atoms with E-state index in [1.807, 2.05) is 6.08 Å². The number of hydrogen-bond donors (Lipinski definition) is 0. The van der Waals surface area contributed by atoms with Crippen LogP contribution in [0.4, 0.5) is 0 Å². The lowest BCUT2D eigenvalue weighted by molar-refractivity contribution is -0.139. The summed E-state index contributed by atoms with van der Waals surface area (Å²) in [7, 11) is 0. The summed E-state index contributed by atoms with van der Waals surface area (Å²) in [4.78, 5) is 37.8. The zero-order chi connectivity index (χ0) is 34.5. The molecule has 47 heavy (non-hydrogen) atoms. The van der Waals surface area contributed by atoms with Crippen molar-refractivity contribution in [2.45, 2.75) is 143 Å². The number of ether oxygens (including phenoxy) is 2. The van der Waals surface area contributed by atoms with Gasteiger partial charge in [-0.25, -0.2) is 4.79 Å². The smallest absolute Gasteiger partial charge is 0.333 e. The minimum Gasteiger partial charge on any atom is -0.463 e. The summed E-state index contributed by atoms with van der Waals surface area (Å²) in [6, 6.07) is 0. The molecule has 0 radical (unpaired) electrons. The van der Waals surface area contributed by atoms with Crippen molar-refractivity contribution < 1.29 is 23.9 Å². The van der Waals surface area contributed by atoms with Crippen LogP contribution in [0.5, 0.6) is 0 Å². The zero-order valence-electron chi connectivity index (χ0n) is 30.2. The van der Waals surface area contributed by atoms with E-state index in [4.69, 9.17) is 9.47 Å². The van der Waals surface area contributed by atoms with E-state index in [2.05, 4.69) is 101 Å². The predicted octanol–water partition coefficient (Wildman–Crippen LogP) is 10.9. The molecule has 5 nitrogen and oxygen atoms in total. The fraction of sp³-hybridized carbons (Fsp3) is 0.595. The highest BCUT2D eigenvalue weighted by molar-refractivity contribution is 5.89. The maximum atomic E-state index is 12.9. The van der Waals surface area contributed by atoms with Gasteiger partial charge in [-0.3, -0.25) is 9.59 Å². The van der Waals surface area contributed by atoms with Crippen molar-refractivity contribution in [3.05, 3.63) is 84.6 Å². The summed E-state index contributed by atoms with van der Waals surface area (Å²) in [6.07, 6.45) is 39.2. The molecule has 0 saturated carbocycles. The number of hydrogen-bond acceptors (Lipinski definition) is 5. The van der Waals surface area contributed by atoms with Crippen LogP contribution in [0.25, 0.3) is 0 Å². The Bertz CT molecular complexity index is 1080. The Balaban J connectivity index is 2.27. The molecule has 0 bridgehead atoms. The van der Waals surface area contributed by atoms with Gasteiger partial charge in [-0.2, -0.15) is 0 Å². The number of carbonyl (C=O) groups is 3. The summed E-state index contributed by atoms with van der Waals surface area (Å²) >= 11 is 0. The molecule has 0 amide bonds. The highest BCUT2D eigenvalue weighted by Crippen LogP contribution is 2.36. The van der Waals surface area contributed by atoms with E-state index in [1.54, 1.807) is 6.92 Å². The second kappa shape index (κ2) is 28.0. The van der Waals surface area contributed by atoms with Gasteiger partial charge in [-0.05, 0) is 95.5 Å². The number of allylic oxidation sites excluding steroid dienone is 12. The molecule has 0 fully saturated rings. The molecule has 0 aromatic rings. The first-order valence-corrected chi connectivity index (χ1v) is 18.3. The van der Waals surface area contributed by atoms with Crippen LogP contribution in [0.15, 0.2) is 84.6 Å². The van der Waals surface area contributed by atoms with Gasteiger partial charge in [0.1, 0.15) is 11.6 Å². The number of carbonyl (C=O) groups excluding carboxylic acids is 3. The molecule has 5 heteroatoms. The SMILES string of the molecule is CC/C=C\C/C=C\C/C=C\C/C=C\C/C=C\C/C=C\CCC(=O)CCCC(=O)C[C@H]1CC(C(=O)OCC)=C[C@@H](OC(CC)CC)[C@@H]1C. The highest BCUT2D eigenvalue weighted by Gasteiger charge is 2.35. The molecular weight excluding hydrogens is 584 g/mol. The van der Waals surface area contributed by atoms with Crippen LogP contribution in [-0.2, 0) is 23.9 Å². The second-order valence-electron chi connectivity index (χ2n) is 12.4. The molecule has 0 N–H and O–H groups in total. The van der Waals surface area contributed by atoms with Crippen LogP contribution in [0.1, 0.15) is 131 Å². The van der Waals surface area contributed by atoms with Crippen molar-refractivity contribution in [2.24, 2.45) is 11.8 Å². The third kappa shape index (κ3) is 20.7. The minimum atomic E-state index is -0.312. The van der Waals surface area contributed by atoms with Gasteiger partial charge in [-0.15, -0.1) is 0 Å². The maximum Gasteiger partial charge on any atom is 0.333 e. The van der Waals surface area contributed by atoms with Crippen LogP contribution in [-0.4, -0.2) is 36.4 Å². The van der Waals surface area contributed by atoms with Gasteiger partial charge in [0.2, 0.25) is 0 Å². The highest BCUT2D eigenvalue weighted by atomic mass is 16.5. The van der Waals surface area contributed by atoms with Gasteiger partial charge >= 0.3 is 5.97 Å². The monoisotopic (exact) mass is 648 g/mol. The zero-order valence-corrected chi connectivity index (χ0v) is 30.2. The minimum absolute atomic E-state index is 0.0232. The van der Waals surface area contributed by atoms with E-state index in [9.17, 15) is 14.4 Å². The summed E-state index contributed by atoms with van der Waals surface area (Å²) < 4.78 is 11.6. The molecule has 1 aliphatic rings. The standard InChI is InChI=1S/C42H64O5/c1-6-10-11-12-13-14-15-16-17-18-19-20-21-22-23-24-25-26-27-29-38(43)30-28-31-39(44)33-36-32-37(42(45)46-9-4)34-41(35(36)5)47-40(7-2)8-3/h10-11,13-14,16-17,19-20,22-23,25-26,34-36,40-41H,6-9,12,15,18,21,24,27-33H2,1-5H3/b11-10-,14-13-,17-16-,20-19-,23-22-,26-25-/t35-,36-,41-/m1/s1. The third-order valence-corrected chi connectivity index (χ3v) is 8.49. The first-order chi connectivity index (χ1) is 22.9. The lowest BCUT2D eigenvalue weighted by Crippen LogP contribution is -2.36. The van der Waals surface area contributed by atoms with E-state index >= 15 is 0 Å². The molecule has 3 atom stereocenters. The Morgan fingerprint density at radius 3 is 1.74 bits per heavy atom. The van der Waals surface area contributed by atoms with E-state index in [0.29, 0.717) is 50.7 Å². The number of Topliss-reactive ketones (excluding diaryl/α,β-unsaturated/α-hetero) is 2. The molecule has 0 aliphatic heterocycles. The molecule has 0 spiro atoms. The second-order valence-corrected chi connectivity index (χ2v) is 12.4. The quantitative estimate of drug-likeness (QED) is 0.0689. The van der Waals surface area contributed by atoms with Gasteiger partial charge < -0.3 is 9.47 Å². The van der Waals surface area contributed by atoms with E-state index in [1.165, 1.54) is 0 Å². The van der Waals surface area contributed by atoms with Crippen LogP contribution in [0.3, 0.4) is 0 Å². The first kappa shape index (κ1) is 42.0. The molecule has 0 saturated heterocycles. The molecule has 0 unspecified atom stereocenters. The molecule has 0 aromatic carbocycles. The van der Waals surface area contributed by atoms with Gasteiger partial charge in [0.25, 0.3) is 0 Å². The Kier molecular flexibility index (Phi) is 25.0. The molecule has 0 heterocycles. The largest absolute Gasteiger partial charge is 0.463 e. The average Bonchev–Trinajstić information content (AvgIpc) is 3.06. The lowest BCUT2D eigenvalue weighted by atomic mass is 9.76. The van der Waals surface area contributed by atoms with E-state index < -0.39 is 0 Å². The summed E-state index contributed by atoms with van der Waals surface area (Å²) in [5.74, 6) is 0.191. The topological polar surface area (TPSA) is 69.7 Å². The van der Waals surface area contributed by atoms with Crippen LogP contribution < -0.4 is 0 Å². The van der Waals surface area contributed by atoms with Crippen molar-refractivity contribution in [3.8, 4) is 0 Å². The Labute approximate surface area is 287 Å². The molecule has 262 valence electrons. The molecule has 0 aromatic heterocycles. The lowest BCUT2D eigenvalue weighted by Gasteiger charge is -2.36. The predicted molar refractivity (Wildman–Crippen MR) is 197 cm³/mol. The normalized spacial score (nSPS) is 19.0. The van der Waals surface area contributed by atoms with Crippen molar-refractivity contribution in [1.29, 1.82) is 0 Å². The van der Waals surface area contributed by atoms with E-state index in [-0.39, 0.29) is 41.6 Å². The third-order valence-electron chi connectivity index (χ3n) is 8.49. The molecule has 1 aliphatic carbocycles. The number of esters is 1. The number of rotatable bonds is 26. The molecular formula is C42H64O5. The van der Waals surface area contributed by atoms with Gasteiger partial charge in [0.05, 0.1) is 18.8 Å². The Morgan fingerprint density at radius 2 is 1.23 bits per heavy atom.